The first kappa shape index (κ1) is 25.2. The molecule has 1 N–H and O–H groups in total. The van der Waals surface area contributed by atoms with E-state index in [1.807, 2.05) is 30.3 Å². The van der Waals surface area contributed by atoms with Crippen molar-refractivity contribution < 1.29 is 14.0 Å². The lowest BCUT2D eigenvalue weighted by Crippen LogP contribution is -2.39. The number of aryl methyl sites for hydroxylation is 2. The molecule has 0 radical (unpaired) electrons. The topological polar surface area (TPSA) is 84.5 Å². The van der Waals surface area contributed by atoms with Crippen molar-refractivity contribution in [2.24, 2.45) is 0 Å². The lowest BCUT2D eigenvalue weighted by molar-refractivity contribution is -0.116. The monoisotopic (exact) mass is 487 g/mol. The van der Waals surface area contributed by atoms with E-state index in [1.54, 1.807) is 13.0 Å². The molecule has 2 heterocycles. The molecule has 2 aromatic heterocycles. The number of unbranched alkanes of at least 4 members (excludes halogenated alkanes) is 2. The SMILES string of the molecule is CCCCCc1ccc(C(=O)N(CC)CC(=O)Nc2ccc3c(c2)c2ccccc2n3CC)c(=O)o1. The van der Waals surface area contributed by atoms with E-state index < -0.39 is 11.5 Å². The zero-order chi connectivity index (χ0) is 25.7. The second-order valence-corrected chi connectivity index (χ2v) is 8.92. The Morgan fingerprint density at radius 3 is 2.44 bits per heavy atom. The Hall–Kier alpha value is -3.87. The highest BCUT2D eigenvalue weighted by atomic mass is 16.4. The Kier molecular flexibility index (Phi) is 7.88. The van der Waals surface area contributed by atoms with Gasteiger partial charge in [0.25, 0.3) is 5.91 Å². The zero-order valence-electron chi connectivity index (χ0n) is 21.2. The van der Waals surface area contributed by atoms with Crippen LogP contribution >= 0.6 is 0 Å². The molecule has 0 saturated carbocycles. The number of benzene rings is 2. The Labute approximate surface area is 210 Å². The molecule has 7 heteroatoms. The number of carbonyl (C=O) groups is 2. The van der Waals surface area contributed by atoms with E-state index in [1.165, 1.54) is 11.0 Å². The normalized spacial score (nSPS) is 11.2. The van der Waals surface area contributed by atoms with Gasteiger partial charge in [0.2, 0.25) is 5.91 Å². The van der Waals surface area contributed by atoms with E-state index in [4.69, 9.17) is 4.42 Å². The number of amides is 2. The van der Waals surface area contributed by atoms with Crippen molar-refractivity contribution in [1.82, 2.24) is 9.47 Å². The van der Waals surface area contributed by atoms with Crippen LogP contribution in [0.3, 0.4) is 0 Å². The fraction of sp³-hybridized carbons (Fsp3) is 0.345. The molecule has 0 unspecified atom stereocenters. The molecule has 188 valence electrons. The molecule has 0 bridgehead atoms. The molecule has 0 atom stereocenters. The molecule has 7 nitrogen and oxygen atoms in total. The summed E-state index contributed by atoms with van der Waals surface area (Å²) in [6.45, 7) is 6.96. The molecule has 4 aromatic rings. The summed E-state index contributed by atoms with van der Waals surface area (Å²) in [4.78, 5) is 39.6. The molecule has 0 fully saturated rings. The average molecular weight is 488 g/mol. The second kappa shape index (κ2) is 11.2. The smallest absolute Gasteiger partial charge is 0.348 e. The van der Waals surface area contributed by atoms with Crippen molar-refractivity contribution in [2.45, 2.75) is 53.0 Å². The van der Waals surface area contributed by atoms with Crippen LogP contribution in [0.4, 0.5) is 5.69 Å². The minimum atomic E-state index is -0.661. The number of carbonyl (C=O) groups excluding carboxylic acids is 2. The fourth-order valence-electron chi connectivity index (χ4n) is 4.64. The first-order valence-electron chi connectivity index (χ1n) is 12.7. The third-order valence-electron chi connectivity index (χ3n) is 6.51. The quantitative estimate of drug-likeness (QED) is 0.295. The fourth-order valence-corrected chi connectivity index (χ4v) is 4.64. The number of nitrogens with zero attached hydrogens (tertiary/aromatic N) is 2. The number of aromatic nitrogens is 1. The van der Waals surface area contributed by atoms with Gasteiger partial charge in [-0.15, -0.1) is 0 Å². The summed E-state index contributed by atoms with van der Waals surface area (Å²) >= 11 is 0. The van der Waals surface area contributed by atoms with Crippen molar-refractivity contribution >= 4 is 39.3 Å². The minimum absolute atomic E-state index is 0.0577. The third kappa shape index (κ3) is 5.20. The molecule has 4 rings (SSSR count). The highest BCUT2D eigenvalue weighted by Crippen LogP contribution is 2.31. The van der Waals surface area contributed by atoms with E-state index in [9.17, 15) is 14.4 Å². The lowest BCUT2D eigenvalue weighted by atomic mass is 10.1. The predicted octanol–water partition coefficient (Wildman–Crippen LogP) is 5.60. The largest absolute Gasteiger partial charge is 0.427 e. The summed E-state index contributed by atoms with van der Waals surface area (Å²) in [6.07, 6.45) is 3.72. The van der Waals surface area contributed by atoms with Crippen LogP contribution < -0.4 is 10.9 Å². The summed E-state index contributed by atoms with van der Waals surface area (Å²) in [5.41, 5.74) is 2.19. The predicted molar refractivity (Wildman–Crippen MR) is 144 cm³/mol. The molecule has 2 aromatic carbocycles. The Morgan fingerprint density at radius 2 is 1.72 bits per heavy atom. The molecule has 0 spiro atoms. The molecule has 36 heavy (non-hydrogen) atoms. The van der Waals surface area contributed by atoms with Crippen LogP contribution in [0.15, 0.2) is 63.8 Å². The number of rotatable bonds is 10. The minimum Gasteiger partial charge on any atom is -0.427 e. The summed E-state index contributed by atoms with van der Waals surface area (Å²) in [5, 5.41) is 5.09. The maximum Gasteiger partial charge on any atom is 0.348 e. The lowest BCUT2D eigenvalue weighted by Gasteiger charge is -2.20. The van der Waals surface area contributed by atoms with Gasteiger partial charge in [0.1, 0.15) is 17.9 Å². The van der Waals surface area contributed by atoms with Crippen LogP contribution in [0.1, 0.15) is 56.2 Å². The highest BCUT2D eigenvalue weighted by molar-refractivity contribution is 6.10. The van der Waals surface area contributed by atoms with Gasteiger partial charge in [-0.25, -0.2) is 4.79 Å². The van der Waals surface area contributed by atoms with Crippen LogP contribution in [-0.4, -0.2) is 34.4 Å². The Bertz CT molecular complexity index is 1450. The van der Waals surface area contributed by atoms with Crippen molar-refractivity contribution in [1.29, 1.82) is 0 Å². The van der Waals surface area contributed by atoms with Gasteiger partial charge in [0.15, 0.2) is 0 Å². The summed E-state index contributed by atoms with van der Waals surface area (Å²) in [6, 6.07) is 17.2. The number of hydrogen-bond acceptors (Lipinski definition) is 4. The molecule has 0 aliphatic heterocycles. The van der Waals surface area contributed by atoms with Crippen LogP contribution in [0, 0.1) is 0 Å². The maximum atomic E-state index is 13.0. The Morgan fingerprint density at radius 1 is 0.944 bits per heavy atom. The van der Waals surface area contributed by atoms with Crippen molar-refractivity contribution in [3.8, 4) is 0 Å². The van der Waals surface area contributed by atoms with Gasteiger partial charge < -0.3 is 19.2 Å². The van der Waals surface area contributed by atoms with Crippen molar-refractivity contribution in [2.75, 3.05) is 18.4 Å². The number of likely N-dealkylation sites (N-methyl/N-ethyl adjacent to an activating group) is 1. The molecule has 2 amide bonds. The van der Waals surface area contributed by atoms with E-state index in [2.05, 4.69) is 35.9 Å². The zero-order valence-corrected chi connectivity index (χ0v) is 21.2. The Balaban J connectivity index is 1.48. The molecule has 0 saturated heterocycles. The van der Waals surface area contributed by atoms with E-state index in [0.29, 0.717) is 17.9 Å². The van der Waals surface area contributed by atoms with Gasteiger partial charge in [-0.05, 0) is 56.7 Å². The van der Waals surface area contributed by atoms with Crippen LogP contribution in [0.2, 0.25) is 0 Å². The molecule has 0 aliphatic rings. The van der Waals surface area contributed by atoms with Crippen molar-refractivity contribution in [3.05, 3.63) is 76.3 Å². The van der Waals surface area contributed by atoms with Gasteiger partial charge in [-0.1, -0.05) is 38.0 Å². The van der Waals surface area contributed by atoms with Crippen LogP contribution in [0.25, 0.3) is 21.8 Å². The number of fused-ring (bicyclic) bond motifs is 3. The van der Waals surface area contributed by atoms with E-state index >= 15 is 0 Å². The highest BCUT2D eigenvalue weighted by Gasteiger charge is 2.21. The van der Waals surface area contributed by atoms with Crippen molar-refractivity contribution in [3.63, 3.8) is 0 Å². The maximum absolute atomic E-state index is 13.0. The second-order valence-electron chi connectivity index (χ2n) is 8.92. The molecule has 0 aliphatic carbocycles. The number of para-hydroxylation sites is 1. The van der Waals surface area contributed by atoms with Gasteiger partial charge in [-0.2, -0.15) is 0 Å². The standard InChI is InChI=1S/C29H33N3O4/c1-4-7-8-11-21-15-16-23(29(35)36-21)28(34)31(5-2)19-27(33)30-20-14-17-26-24(18-20)22-12-9-10-13-25(22)32(26)6-3/h9-10,12-18H,4-8,11,19H2,1-3H3,(H,30,33). The first-order chi connectivity index (χ1) is 17.5. The van der Waals surface area contributed by atoms with Crippen LogP contribution in [-0.2, 0) is 17.8 Å². The number of hydrogen-bond donors (Lipinski definition) is 1. The van der Waals surface area contributed by atoms with Gasteiger partial charge in [-0.3, -0.25) is 9.59 Å². The third-order valence-corrected chi connectivity index (χ3v) is 6.51. The summed E-state index contributed by atoms with van der Waals surface area (Å²) in [5.74, 6) is -0.266. The number of anilines is 1. The first-order valence-corrected chi connectivity index (χ1v) is 12.7. The van der Waals surface area contributed by atoms with E-state index in [-0.39, 0.29) is 24.6 Å². The van der Waals surface area contributed by atoms with Gasteiger partial charge >= 0.3 is 5.63 Å². The van der Waals surface area contributed by atoms with Gasteiger partial charge in [0, 0.05) is 47.0 Å². The molecular formula is C29H33N3O4. The average Bonchev–Trinajstić information content (AvgIpc) is 3.20. The van der Waals surface area contributed by atoms with Crippen LogP contribution in [0.5, 0.6) is 0 Å². The molecular weight excluding hydrogens is 454 g/mol. The summed E-state index contributed by atoms with van der Waals surface area (Å²) < 4.78 is 7.60. The summed E-state index contributed by atoms with van der Waals surface area (Å²) in [7, 11) is 0. The van der Waals surface area contributed by atoms with Gasteiger partial charge in [0.05, 0.1) is 0 Å². The number of nitrogens with one attached hydrogen (secondary N) is 1. The van der Waals surface area contributed by atoms with E-state index in [0.717, 1.165) is 47.6 Å².